The quantitative estimate of drug-likeness (QED) is 0.853. The number of hydrogen-bond acceptors (Lipinski definition) is 3. The van der Waals surface area contributed by atoms with Crippen molar-refractivity contribution >= 4 is 11.7 Å². The Balaban J connectivity index is 2.55. The van der Waals surface area contributed by atoms with E-state index in [2.05, 4.69) is 5.32 Å². The highest BCUT2D eigenvalue weighted by Crippen LogP contribution is 2.21. The van der Waals surface area contributed by atoms with Crippen LogP contribution in [0.3, 0.4) is 0 Å². The van der Waals surface area contributed by atoms with E-state index < -0.39 is 23.2 Å². The van der Waals surface area contributed by atoms with Crippen molar-refractivity contribution in [3.8, 4) is 0 Å². The molecular weight excluding hydrogens is 252 g/mol. The molecule has 1 aromatic carbocycles. The molecule has 0 spiro atoms. The normalized spacial score (nSPS) is 11.3. The van der Waals surface area contributed by atoms with Crippen LogP contribution in [0.5, 0.6) is 0 Å². The predicted molar refractivity (Wildman–Crippen MR) is 70.0 cm³/mol. The Morgan fingerprint density at radius 2 is 1.95 bits per heavy atom. The maximum absolute atomic E-state index is 13.6. The summed E-state index contributed by atoms with van der Waals surface area (Å²) in [6.07, 6.45) is 0.0457. The van der Waals surface area contributed by atoms with Crippen LogP contribution in [-0.4, -0.2) is 18.1 Å². The lowest BCUT2D eigenvalue weighted by Crippen LogP contribution is -2.25. The second-order valence-electron chi connectivity index (χ2n) is 5.32. The highest BCUT2D eigenvalue weighted by Gasteiger charge is 2.16. The zero-order valence-corrected chi connectivity index (χ0v) is 11.6. The average molecular weight is 271 g/mol. The number of aryl methyl sites for hydroxylation is 1. The number of carbonyl (C=O) groups excluding carboxylic acids is 1. The zero-order valence-electron chi connectivity index (χ0n) is 11.6. The Kier molecular flexibility index (Phi) is 4.86. The largest absolute Gasteiger partial charge is 0.460 e. The van der Waals surface area contributed by atoms with Gasteiger partial charge in [-0.25, -0.2) is 8.78 Å². The van der Waals surface area contributed by atoms with Crippen molar-refractivity contribution in [2.75, 3.05) is 11.9 Å². The highest BCUT2D eigenvalue weighted by atomic mass is 19.1. The molecule has 1 rings (SSSR count). The van der Waals surface area contributed by atoms with Gasteiger partial charge in [-0.2, -0.15) is 0 Å². The van der Waals surface area contributed by atoms with E-state index >= 15 is 0 Å². The molecule has 0 saturated heterocycles. The fourth-order valence-corrected chi connectivity index (χ4v) is 1.50. The number of halogens is 2. The maximum Gasteiger partial charge on any atom is 0.308 e. The van der Waals surface area contributed by atoms with Gasteiger partial charge in [-0.3, -0.25) is 4.79 Å². The number of anilines is 1. The molecule has 0 aliphatic carbocycles. The van der Waals surface area contributed by atoms with E-state index in [1.165, 1.54) is 12.1 Å². The number of benzene rings is 1. The SMILES string of the molecule is Cc1ccc(F)c(NCCC(=O)OC(C)(C)C)c1F. The molecule has 0 saturated carbocycles. The van der Waals surface area contributed by atoms with Crippen LogP contribution < -0.4 is 5.32 Å². The van der Waals surface area contributed by atoms with Crippen LogP contribution in [0.1, 0.15) is 32.8 Å². The first-order chi connectivity index (χ1) is 8.70. The second kappa shape index (κ2) is 5.99. The first-order valence-electron chi connectivity index (χ1n) is 6.11. The van der Waals surface area contributed by atoms with Crippen LogP contribution in [0.2, 0.25) is 0 Å². The molecule has 0 unspecified atom stereocenters. The van der Waals surface area contributed by atoms with Crippen LogP contribution in [0, 0.1) is 18.6 Å². The summed E-state index contributed by atoms with van der Waals surface area (Å²) in [6, 6.07) is 2.55. The van der Waals surface area contributed by atoms with Crippen molar-refractivity contribution in [1.29, 1.82) is 0 Å². The Morgan fingerprint density at radius 1 is 1.32 bits per heavy atom. The summed E-state index contributed by atoms with van der Waals surface area (Å²) in [5.41, 5.74) is -0.415. The van der Waals surface area contributed by atoms with Gasteiger partial charge in [-0.1, -0.05) is 6.07 Å². The van der Waals surface area contributed by atoms with Crippen LogP contribution in [0.25, 0.3) is 0 Å². The minimum Gasteiger partial charge on any atom is -0.460 e. The van der Waals surface area contributed by atoms with Crippen LogP contribution in [-0.2, 0) is 9.53 Å². The van der Waals surface area contributed by atoms with Gasteiger partial charge in [0.15, 0.2) is 5.82 Å². The van der Waals surface area contributed by atoms with Crippen LogP contribution >= 0.6 is 0 Å². The Bertz CT molecular complexity index is 467. The summed E-state index contributed by atoms with van der Waals surface area (Å²) >= 11 is 0. The van der Waals surface area contributed by atoms with Gasteiger partial charge in [0.25, 0.3) is 0 Å². The number of carbonyl (C=O) groups is 1. The maximum atomic E-state index is 13.6. The van der Waals surface area contributed by atoms with Gasteiger partial charge in [0.2, 0.25) is 0 Å². The van der Waals surface area contributed by atoms with Gasteiger partial charge in [0, 0.05) is 6.54 Å². The van der Waals surface area contributed by atoms with Gasteiger partial charge in [0.05, 0.1) is 6.42 Å². The minimum atomic E-state index is -0.674. The van der Waals surface area contributed by atoms with E-state index in [1.807, 2.05) is 0 Å². The molecular formula is C14H19F2NO2. The topological polar surface area (TPSA) is 38.3 Å². The summed E-state index contributed by atoms with van der Waals surface area (Å²) in [6.45, 7) is 6.95. The molecule has 0 aliphatic heterocycles. The van der Waals surface area contributed by atoms with E-state index in [0.717, 1.165) is 0 Å². The molecule has 1 aromatic rings. The summed E-state index contributed by atoms with van der Waals surface area (Å²) < 4.78 is 32.1. The average Bonchev–Trinajstić information content (AvgIpc) is 2.26. The highest BCUT2D eigenvalue weighted by molar-refractivity contribution is 5.70. The van der Waals surface area contributed by atoms with Crippen molar-refractivity contribution in [2.24, 2.45) is 0 Å². The number of ether oxygens (including phenoxy) is 1. The van der Waals surface area contributed by atoms with Crippen molar-refractivity contribution in [3.05, 3.63) is 29.3 Å². The standard InChI is InChI=1S/C14H19F2NO2/c1-9-5-6-10(15)13(12(9)16)17-8-7-11(18)19-14(2,3)4/h5-6,17H,7-8H2,1-4H3. The number of nitrogens with one attached hydrogen (secondary N) is 1. The fourth-order valence-electron chi connectivity index (χ4n) is 1.50. The second-order valence-corrected chi connectivity index (χ2v) is 5.32. The third-order valence-electron chi connectivity index (χ3n) is 2.34. The van der Waals surface area contributed by atoms with Crippen LogP contribution in [0.15, 0.2) is 12.1 Å². The van der Waals surface area contributed by atoms with Crippen molar-refractivity contribution in [1.82, 2.24) is 0 Å². The van der Waals surface area contributed by atoms with Crippen molar-refractivity contribution in [3.63, 3.8) is 0 Å². The number of esters is 1. The van der Waals surface area contributed by atoms with E-state index in [0.29, 0.717) is 5.56 Å². The summed E-state index contributed by atoms with van der Waals surface area (Å²) in [4.78, 5) is 11.4. The Hall–Kier alpha value is -1.65. The molecule has 0 heterocycles. The van der Waals surface area contributed by atoms with Gasteiger partial charge < -0.3 is 10.1 Å². The van der Waals surface area contributed by atoms with E-state index in [-0.39, 0.29) is 18.7 Å². The van der Waals surface area contributed by atoms with Gasteiger partial charge in [-0.15, -0.1) is 0 Å². The molecule has 0 radical (unpaired) electrons. The lowest BCUT2D eigenvalue weighted by Gasteiger charge is -2.19. The van der Waals surface area contributed by atoms with Crippen molar-refractivity contribution in [2.45, 2.75) is 39.7 Å². The van der Waals surface area contributed by atoms with E-state index in [1.54, 1.807) is 27.7 Å². The first-order valence-corrected chi connectivity index (χ1v) is 6.11. The molecule has 0 fully saturated rings. The van der Waals surface area contributed by atoms with Gasteiger partial charge in [-0.05, 0) is 39.3 Å². The number of rotatable bonds is 4. The molecule has 0 aliphatic rings. The summed E-state index contributed by atoms with van der Waals surface area (Å²) in [7, 11) is 0. The minimum absolute atomic E-state index is 0.0457. The van der Waals surface area contributed by atoms with Gasteiger partial charge in [0.1, 0.15) is 17.1 Å². The third-order valence-corrected chi connectivity index (χ3v) is 2.34. The molecule has 106 valence electrons. The Labute approximate surface area is 112 Å². The Morgan fingerprint density at radius 3 is 2.53 bits per heavy atom. The van der Waals surface area contributed by atoms with E-state index in [4.69, 9.17) is 4.74 Å². The third kappa shape index (κ3) is 4.85. The molecule has 3 nitrogen and oxygen atoms in total. The molecule has 1 N–H and O–H groups in total. The molecule has 0 amide bonds. The predicted octanol–water partition coefficient (Wildman–Crippen LogP) is 3.42. The summed E-state index contributed by atoms with van der Waals surface area (Å²) in [5, 5.41) is 2.59. The summed E-state index contributed by atoms with van der Waals surface area (Å²) in [5.74, 6) is -1.72. The van der Waals surface area contributed by atoms with Gasteiger partial charge >= 0.3 is 5.97 Å². The molecule has 5 heteroatoms. The lowest BCUT2D eigenvalue weighted by atomic mass is 10.2. The number of hydrogen-bond donors (Lipinski definition) is 1. The monoisotopic (exact) mass is 271 g/mol. The van der Waals surface area contributed by atoms with E-state index in [9.17, 15) is 13.6 Å². The zero-order chi connectivity index (χ0) is 14.6. The molecule has 0 aromatic heterocycles. The molecule has 19 heavy (non-hydrogen) atoms. The molecule has 0 atom stereocenters. The smallest absolute Gasteiger partial charge is 0.308 e. The molecule has 0 bridgehead atoms. The fraction of sp³-hybridized carbons (Fsp3) is 0.500. The first kappa shape index (κ1) is 15.4. The van der Waals surface area contributed by atoms with Crippen LogP contribution in [0.4, 0.5) is 14.5 Å². The van der Waals surface area contributed by atoms with Crippen molar-refractivity contribution < 1.29 is 18.3 Å². The lowest BCUT2D eigenvalue weighted by molar-refractivity contribution is -0.154.